The van der Waals surface area contributed by atoms with Crippen molar-refractivity contribution in [2.24, 2.45) is 35.0 Å². The maximum absolute atomic E-state index is 14.7. The van der Waals surface area contributed by atoms with Gasteiger partial charge in [0.1, 0.15) is 0 Å². The van der Waals surface area contributed by atoms with Crippen molar-refractivity contribution < 1.29 is 19.1 Å². The molecule has 9 rings (SSSR count). The van der Waals surface area contributed by atoms with Crippen LogP contribution in [0.5, 0.6) is 0 Å². The summed E-state index contributed by atoms with van der Waals surface area (Å²) in [6.45, 7) is 0.425. The van der Waals surface area contributed by atoms with Gasteiger partial charge in [-0.3, -0.25) is 9.59 Å². The van der Waals surface area contributed by atoms with Gasteiger partial charge in [0.15, 0.2) is 11.6 Å². The van der Waals surface area contributed by atoms with Gasteiger partial charge in [0, 0.05) is 17.0 Å². The third-order valence-electron chi connectivity index (χ3n) is 9.99. The van der Waals surface area contributed by atoms with Crippen molar-refractivity contribution in [2.45, 2.75) is 63.0 Å². The molecule has 4 heterocycles. The minimum atomic E-state index is -0.748. The van der Waals surface area contributed by atoms with Crippen LogP contribution in [0.15, 0.2) is 30.3 Å². The van der Waals surface area contributed by atoms with E-state index >= 15 is 0 Å². The second-order valence-corrected chi connectivity index (χ2v) is 11.7. The highest BCUT2D eigenvalue weighted by atomic mass is 16.7. The molecule has 32 heavy (non-hydrogen) atoms. The fourth-order valence-electron chi connectivity index (χ4n) is 9.30. The number of benzene rings is 1. The number of ether oxygens (including phenoxy) is 2. The molecule has 0 aromatic heterocycles. The Bertz CT molecular complexity index is 1030. The predicted molar refractivity (Wildman–Crippen MR) is 118 cm³/mol. The molecule has 0 N–H and O–H groups in total. The molecule has 1 aromatic carbocycles. The average molecular weight is 432 g/mol. The molecule has 1 aromatic rings. The number of rotatable bonds is 2. The topological polar surface area (TPSA) is 55.8 Å². The highest BCUT2D eigenvalue weighted by molar-refractivity contribution is 5.99. The molecule has 3 saturated heterocycles. The van der Waals surface area contributed by atoms with Gasteiger partial charge in [0.2, 0.25) is 6.29 Å². The van der Waals surface area contributed by atoms with E-state index in [1.54, 1.807) is 0 Å². The number of carbonyl (C=O) groups excluding carboxylic acids is 2. The van der Waals surface area contributed by atoms with E-state index in [0.29, 0.717) is 12.4 Å². The van der Waals surface area contributed by atoms with E-state index in [0.717, 1.165) is 48.3 Å². The van der Waals surface area contributed by atoms with E-state index in [4.69, 9.17) is 9.47 Å². The van der Waals surface area contributed by atoms with Gasteiger partial charge in [-0.15, -0.1) is 0 Å². The van der Waals surface area contributed by atoms with Crippen LogP contribution in [-0.4, -0.2) is 42.7 Å². The summed E-state index contributed by atoms with van der Waals surface area (Å²) in [5.74, 6) is 2.24. The summed E-state index contributed by atoms with van der Waals surface area (Å²) in [6, 6.07) is 7.96. The number of hydrogen-bond acceptors (Lipinski definition) is 5. The smallest absolute Gasteiger partial charge is 0.218 e. The molecule has 6 atom stereocenters. The van der Waals surface area contributed by atoms with E-state index in [2.05, 4.69) is 35.3 Å². The summed E-state index contributed by atoms with van der Waals surface area (Å²) >= 11 is 0. The number of para-hydroxylation sites is 1. The molecule has 4 saturated carbocycles. The van der Waals surface area contributed by atoms with Gasteiger partial charge in [-0.1, -0.05) is 30.4 Å². The van der Waals surface area contributed by atoms with Crippen LogP contribution >= 0.6 is 0 Å². The fourth-order valence-corrected chi connectivity index (χ4v) is 9.30. The maximum atomic E-state index is 14.7. The number of nitrogens with zero attached hydrogens (tertiary/aromatic N) is 1. The molecule has 0 amide bonds. The lowest BCUT2D eigenvalue weighted by Crippen LogP contribution is -2.58. The Labute approximate surface area is 188 Å². The van der Waals surface area contributed by atoms with Crippen LogP contribution in [0.3, 0.4) is 0 Å². The van der Waals surface area contributed by atoms with E-state index in [1.165, 1.54) is 19.3 Å². The SMILES string of the molecule is O=C1C2OCC(O2)[C@@H]2[C@@H]1[C@H]1C=Cc3ccccc3N1[C@H]2C(=O)C12CC3CC(CC(C3)C1)C2. The number of anilines is 1. The van der Waals surface area contributed by atoms with Crippen LogP contribution in [0.2, 0.25) is 0 Å². The maximum Gasteiger partial charge on any atom is 0.218 e. The number of ketones is 2. The molecule has 5 nitrogen and oxygen atoms in total. The fraction of sp³-hybridized carbons (Fsp3) is 0.630. The van der Waals surface area contributed by atoms with Gasteiger partial charge < -0.3 is 14.4 Å². The van der Waals surface area contributed by atoms with E-state index in [-0.39, 0.29) is 41.2 Å². The monoisotopic (exact) mass is 431 g/mol. The number of carbonyl (C=O) groups is 2. The summed E-state index contributed by atoms with van der Waals surface area (Å²) in [5, 5.41) is 0. The average Bonchev–Trinajstić information content (AvgIpc) is 3.37. The first-order valence-electron chi connectivity index (χ1n) is 12.5. The molecule has 7 fully saturated rings. The first-order valence-corrected chi connectivity index (χ1v) is 12.5. The first kappa shape index (κ1) is 18.4. The standard InChI is InChI=1S/C27H29NO4/c29-24-21-19-6-5-17-3-1-2-4-18(17)28(19)23(22(21)20-13-31-26(24)32-20)25(30)27-10-14-7-15(11-27)9-16(8-14)12-27/h1-6,14-16,19-23,26H,7-13H2/t14?,15?,16?,19-,20?,21+,22-,23-,26?,27?/m1/s1. The zero-order valence-electron chi connectivity index (χ0n) is 18.2. The minimum absolute atomic E-state index is 0.0311. The third kappa shape index (κ3) is 2.22. The van der Waals surface area contributed by atoms with Crippen LogP contribution in [0.25, 0.3) is 6.08 Å². The second kappa shape index (κ2) is 6.12. The van der Waals surface area contributed by atoms with Crippen LogP contribution in [0.1, 0.15) is 44.1 Å². The quantitative estimate of drug-likeness (QED) is 0.716. The molecule has 0 spiro atoms. The number of fused-ring (bicyclic) bond motifs is 8. The van der Waals surface area contributed by atoms with Crippen molar-refractivity contribution in [1.82, 2.24) is 0 Å². The summed E-state index contributed by atoms with van der Waals surface area (Å²) < 4.78 is 11.8. The van der Waals surface area contributed by atoms with Gasteiger partial charge in [-0.25, -0.2) is 0 Å². The van der Waals surface area contributed by atoms with Gasteiger partial charge in [0.25, 0.3) is 0 Å². The lowest BCUT2D eigenvalue weighted by Gasteiger charge is -2.57. The molecule has 0 radical (unpaired) electrons. The first-order chi connectivity index (χ1) is 15.6. The van der Waals surface area contributed by atoms with Crippen LogP contribution in [0.4, 0.5) is 5.69 Å². The molecular weight excluding hydrogens is 402 g/mol. The Morgan fingerprint density at radius 2 is 1.75 bits per heavy atom. The normalized spacial score (nSPS) is 49.2. The zero-order chi connectivity index (χ0) is 21.2. The van der Waals surface area contributed by atoms with Crippen LogP contribution in [0, 0.1) is 35.0 Å². The summed E-state index contributed by atoms with van der Waals surface area (Å²) in [6.07, 6.45) is 10.5. The van der Waals surface area contributed by atoms with E-state index in [1.807, 2.05) is 6.07 Å². The van der Waals surface area contributed by atoms with Crippen LogP contribution < -0.4 is 4.90 Å². The largest absolute Gasteiger partial charge is 0.353 e. The Hall–Kier alpha value is -1.98. The summed E-state index contributed by atoms with van der Waals surface area (Å²) in [5.41, 5.74) is 2.04. The van der Waals surface area contributed by atoms with Crippen LogP contribution in [-0.2, 0) is 19.1 Å². The van der Waals surface area contributed by atoms with Gasteiger partial charge >= 0.3 is 0 Å². The van der Waals surface area contributed by atoms with Crippen molar-refractivity contribution in [3.05, 3.63) is 35.9 Å². The Morgan fingerprint density at radius 1 is 1.03 bits per heavy atom. The van der Waals surface area contributed by atoms with Gasteiger partial charge in [-0.05, 0) is 67.9 Å². The third-order valence-corrected chi connectivity index (χ3v) is 9.99. The van der Waals surface area contributed by atoms with E-state index in [9.17, 15) is 9.59 Å². The van der Waals surface area contributed by atoms with E-state index < -0.39 is 6.29 Å². The summed E-state index contributed by atoms with van der Waals surface area (Å²) in [4.78, 5) is 30.5. The van der Waals surface area contributed by atoms with Gasteiger partial charge in [0.05, 0.1) is 30.7 Å². The number of Topliss-reactive ketones (excluding diaryl/α,β-unsaturated/α-hetero) is 2. The minimum Gasteiger partial charge on any atom is -0.353 e. The lowest BCUT2D eigenvalue weighted by molar-refractivity contribution is -0.166. The number of hydrogen-bond donors (Lipinski definition) is 0. The molecule has 5 heteroatoms. The van der Waals surface area contributed by atoms with Crippen molar-refractivity contribution in [3.8, 4) is 0 Å². The molecule has 2 unspecified atom stereocenters. The molecule has 166 valence electrons. The van der Waals surface area contributed by atoms with Gasteiger partial charge in [-0.2, -0.15) is 0 Å². The van der Waals surface area contributed by atoms with Crippen molar-refractivity contribution in [2.75, 3.05) is 11.5 Å². The highest BCUT2D eigenvalue weighted by Crippen LogP contribution is 2.62. The predicted octanol–water partition coefficient (Wildman–Crippen LogP) is 3.61. The lowest BCUT2D eigenvalue weighted by atomic mass is 9.47. The molecule has 6 bridgehead atoms. The van der Waals surface area contributed by atoms with Crippen molar-refractivity contribution in [1.29, 1.82) is 0 Å². The Morgan fingerprint density at radius 3 is 2.50 bits per heavy atom. The Balaban J connectivity index is 1.28. The molecule has 8 aliphatic rings. The zero-order valence-corrected chi connectivity index (χ0v) is 18.2. The van der Waals surface area contributed by atoms with Crippen molar-refractivity contribution >= 4 is 23.3 Å². The summed E-state index contributed by atoms with van der Waals surface area (Å²) in [7, 11) is 0. The highest BCUT2D eigenvalue weighted by Gasteiger charge is 2.66. The van der Waals surface area contributed by atoms with Crippen molar-refractivity contribution in [3.63, 3.8) is 0 Å². The second-order valence-electron chi connectivity index (χ2n) is 11.7. The molecule has 4 aliphatic carbocycles. The molecule has 4 aliphatic heterocycles. The molecular formula is C27H29NO4. The Kier molecular flexibility index (Phi) is 3.53.